The molecule has 1 fully saturated rings. The van der Waals surface area contributed by atoms with Gasteiger partial charge in [0.05, 0.1) is 36.3 Å². The van der Waals surface area contributed by atoms with Gasteiger partial charge in [-0.05, 0) is 26.1 Å². The predicted octanol–water partition coefficient (Wildman–Crippen LogP) is 2.02. The van der Waals surface area contributed by atoms with Crippen molar-refractivity contribution in [2.24, 2.45) is 0 Å². The van der Waals surface area contributed by atoms with E-state index < -0.39 is 0 Å². The molecular weight excluding hydrogens is 328 g/mol. The third-order valence-corrected chi connectivity index (χ3v) is 4.52. The average Bonchev–Trinajstić information content (AvgIpc) is 2.60. The third kappa shape index (κ3) is 3.61. The molecule has 1 aromatic carbocycles. The Morgan fingerprint density at radius 1 is 1.38 bits per heavy atom. The minimum absolute atomic E-state index is 0.0130. The van der Waals surface area contributed by atoms with Crippen LogP contribution >= 0.6 is 11.6 Å². The number of likely N-dealkylation sites (N-methyl/N-ethyl adjacent to an activating group) is 1. The highest BCUT2D eigenvalue weighted by Gasteiger charge is 2.24. The van der Waals surface area contributed by atoms with E-state index in [0.29, 0.717) is 18.0 Å². The van der Waals surface area contributed by atoms with Crippen molar-refractivity contribution in [3.63, 3.8) is 0 Å². The van der Waals surface area contributed by atoms with Crippen molar-refractivity contribution < 1.29 is 4.74 Å². The van der Waals surface area contributed by atoms with E-state index >= 15 is 0 Å². The van der Waals surface area contributed by atoms with Crippen molar-refractivity contribution in [3.8, 4) is 5.69 Å². The Labute approximate surface area is 146 Å². The van der Waals surface area contributed by atoms with E-state index in [4.69, 9.17) is 16.3 Å². The van der Waals surface area contributed by atoms with Gasteiger partial charge < -0.3 is 15.0 Å². The first kappa shape index (κ1) is 17.0. The van der Waals surface area contributed by atoms with Crippen molar-refractivity contribution in [2.45, 2.75) is 19.1 Å². The van der Waals surface area contributed by atoms with E-state index in [-0.39, 0.29) is 22.7 Å². The lowest BCUT2D eigenvalue weighted by atomic mass is 10.1. The first-order valence-electron chi connectivity index (χ1n) is 7.96. The van der Waals surface area contributed by atoms with Gasteiger partial charge in [0.2, 0.25) is 0 Å². The minimum atomic E-state index is -0.346. The van der Waals surface area contributed by atoms with Crippen LogP contribution in [0.3, 0.4) is 0 Å². The lowest BCUT2D eigenvalue weighted by Gasteiger charge is -2.34. The smallest absolute Gasteiger partial charge is 0.292 e. The summed E-state index contributed by atoms with van der Waals surface area (Å²) in [5.74, 6) is 0. The van der Waals surface area contributed by atoms with Crippen LogP contribution in [0.2, 0.25) is 5.02 Å². The van der Waals surface area contributed by atoms with Gasteiger partial charge in [-0.2, -0.15) is 9.78 Å². The van der Waals surface area contributed by atoms with Crippen LogP contribution in [0.5, 0.6) is 0 Å². The molecule has 1 saturated heterocycles. The summed E-state index contributed by atoms with van der Waals surface area (Å²) in [5.41, 5.74) is 0.862. The highest BCUT2D eigenvalue weighted by molar-refractivity contribution is 6.32. The highest BCUT2D eigenvalue weighted by atomic mass is 35.5. The molecule has 2 atom stereocenters. The maximum Gasteiger partial charge on any atom is 0.292 e. The van der Waals surface area contributed by atoms with Crippen LogP contribution in [0.4, 0.5) is 5.69 Å². The molecule has 0 aliphatic carbocycles. The van der Waals surface area contributed by atoms with Gasteiger partial charge in [-0.1, -0.05) is 29.8 Å². The molecule has 2 heterocycles. The summed E-state index contributed by atoms with van der Waals surface area (Å²) in [7, 11) is 2.07. The molecule has 24 heavy (non-hydrogen) atoms. The van der Waals surface area contributed by atoms with Gasteiger partial charge in [0.15, 0.2) is 0 Å². The first-order chi connectivity index (χ1) is 11.6. The number of para-hydroxylation sites is 1. The van der Waals surface area contributed by atoms with Crippen molar-refractivity contribution in [3.05, 3.63) is 51.9 Å². The highest BCUT2D eigenvalue weighted by Crippen LogP contribution is 2.20. The zero-order valence-corrected chi connectivity index (χ0v) is 14.5. The second-order valence-corrected chi connectivity index (χ2v) is 6.41. The minimum Gasteiger partial charge on any atom is -0.377 e. The monoisotopic (exact) mass is 348 g/mol. The quantitative estimate of drug-likeness (QED) is 0.916. The molecule has 3 rings (SSSR count). The molecule has 0 amide bonds. The summed E-state index contributed by atoms with van der Waals surface area (Å²) >= 11 is 6.27. The molecule has 0 radical (unpaired) electrons. The molecule has 128 valence electrons. The molecule has 1 aliphatic heterocycles. The van der Waals surface area contributed by atoms with Crippen LogP contribution in [0.1, 0.15) is 6.92 Å². The van der Waals surface area contributed by atoms with Gasteiger partial charge in [-0.15, -0.1) is 0 Å². The molecule has 6 nitrogen and oxygen atoms in total. The van der Waals surface area contributed by atoms with Crippen LogP contribution in [0, 0.1) is 0 Å². The largest absolute Gasteiger partial charge is 0.377 e. The lowest BCUT2D eigenvalue weighted by Crippen LogP contribution is -2.47. The van der Waals surface area contributed by atoms with Crippen molar-refractivity contribution in [1.82, 2.24) is 14.7 Å². The van der Waals surface area contributed by atoms with Crippen LogP contribution in [-0.2, 0) is 4.74 Å². The maximum absolute atomic E-state index is 12.5. The number of nitrogens with zero attached hydrogens (tertiary/aromatic N) is 3. The van der Waals surface area contributed by atoms with Gasteiger partial charge in [-0.3, -0.25) is 4.79 Å². The molecule has 2 aromatic rings. The summed E-state index contributed by atoms with van der Waals surface area (Å²) in [5, 5.41) is 7.62. The van der Waals surface area contributed by atoms with E-state index in [2.05, 4.69) is 22.4 Å². The second kappa shape index (κ2) is 7.34. The van der Waals surface area contributed by atoms with Gasteiger partial charge in [0.1, 0.15) is 5.02 Å². The molecule has 1 N–H and O–H groups in total. The van der Waals surface area contributed by atoms with Crippen molar-refractivity contribution in [1.29, 1.82) is 0 Å². The van der Waals surface area contributed by atoms with Gasteiger partial charge >= 0.3 is 0 Å². The van der Waals surface area contributed by atoms with E-state index in [9.17, 15) is 4.79 Å². The maximum atomic E-state index is 12.5. The fourth-order valence-corrected chi connectivity index (χ4v) is 2.92. The molecule has 1 aliphatic rings. The van der Waals surface area contributed by atoms with Gasteiger partial charge in [-0.25, -0.2) is 0 Å². The second-order valence-electron chi connectivity index (χ2n) is 6.03. The molecular formula is C17H21ClN4O2. The summed E-state index contributed by atoms with van der Waals surface area (Å²) in [4.78, 5) is 14.7. The number of halogens is 1. The van der Waals surface area contributed by atoms with Crippen LogP contribution < -0.4 is 10.9 Å². The first-order valence-corrected chi connectivity index (χ1v) is 8.34. The van der Waals surface area contributed by atoms with Crippen LogP contribution in [0.25, 0.3) is 5.69 Å². The number of rotatable bonds is 4. The predicted molar refractivity (Wildman–Crippen MR) is 95.2 cm³/mol. The Bertz CT molecular complexity index is 750. The summed E-state index contributed by atoms with van der Waals surface area (Å²) < 4.78 is 7.09. The number of benzene rings is 1. The Kier molecular flexibility index (Phi) is 5.18. The zero-order valence-electron chi connectivity index (χ0n) is 13.8. The van der Waals surface area contributed by atoms with E-state index in [0.717, 1.165) is 13.1 Å². The molecule has 0 spiro atoms. The number of hydrogen-bond donors (Lipinski definition) is 1. The number of anilines is 1. The Morgan fingerprint density at radius 2 is 2.12 bits per heavy atom. The number of hydrogen-bond acceptors (Lipinski definition) is 5. The summed E-state index contributed by atoms with van der Waals surface area (Å²) in [6.45, 7) is 4.48. The lowest BCUT2D eigenvalue weighted by molar-refractivity contribution is -0.0259. The van der Waals surface area contributed by atoms with Crippen LogP contribution in [-0.4, -0.2) is 53.6 Å². The number of morpholine rings is 1. The molecule has 0 bridgehead atoms. The number of ether oxygens (including phenoxy) is 1. The topological polar surface area (TPSA) is 59.4 Å². The fourth-order valence-electron chi connectivity index (χ4n) is 2.74. The number of aromatic nitrogens is 2. The third-order valence-electron chi connectivity index (χ3n) is 4.16. The molecule has 2 unspecified atom stereocenters. The van der Waals surface area contributed by atoms with E-state index in [1.165, 1.54) is 4.68 Å². The van der Waals surface area contributed by atoms with Gasteiger partial charge in [0.25, 0.3) is 5.56 Å². The summed E-state index contributed by atoms with van der Waals surface area (Å²) in [6, 6.07) is 9.22. The van der Waals surface area contributed by atoms with Crippen molar-refractivity contribution in [2.75, 3.05) is 32.1 Å². The molecule has 7 heteroatoms. The fraction of sp³-hybridized carbons (Fsp3) is 0.412. The SMILES string of the molecule is CC(Nc1cnn(-c2ccccc2)c(=O)c1Cl)C1CN(C)CCO1. The van der Waals surface area contributed by atoms with Crippen molar-refractivity contribution >= 4 is 17.3 Å². The Morgan fingerprint density at radius 3 is 2.83 bits per heavy atom. The summed E-state index contributed by atoms with van der Waals surface area (Å²) in [6.07, 6.45) is 1.62. The van der Waals surface area contributed by atoms with E-state index in [1.807, 2.05) is 37.3 Å². The Balaban J connectivity index is 1.80. The van der Waals surface area contributed by atoms with Crippen LogP contribution in [0.15, 0.2) is 41.3 Å². The van der Waals surface area contributed by atoms with E-state index in [1.54, 1.807) is 6.20 Å². The Hall–Kier alpha value is -1.89. The molecule has 0 saturated carbocycles. The normalized spacial score (nSPS) is 19.9. The standard InChI is InChI=1S/C17H21ClN4O2/c1-12(15-11-21(2)8-9-24-15)20-14-10-19-22(17(23)16(14)18)13-6-4-3-5-7-13/h3-7,10,12,15,20H,8-9,11H2,1-2H3. The number of nitrogens with one attached hydrogen (secondary N) is 1. The average molecular weight is 349 g/mol. The zero-order chi connectivity index (χ0) is 17.1. The molecule has 1 aromatic heterocycles. The van der Waals surface area contributed by atoms with Gasteiger partial charge in [0, 0.05) is 13.1 Å².